The maximum absolute atomic E-state index is 12.7. The molecule has 144 valence electrons. The molecule has 28 heavy (non-hydrogen) atoms. The van der Waals surface area contributed by atoms with Gasteiger partial charge in [-0.05, 0) is 43.2 Å². The highest BCUT2D eigenvalue weighted by atomic mass is 16.2. The summed E-state index contributed by atoms with van der Waals surface area (Å²) in [5, 5.41) is 5.24. The standard InChI is InChI=1S/C23H25N3O2/c1-3-19-23(28)24-13-14-26(19)22(27)12-10-16-9-11-21-18(15-16)17-7-5-6-8-20(17)25(21)4-2/h5-12,15,19H,3-4,13-14H2,1-2H3,(H,24,28)/b12-10+. The highest BCUT2D eigenvalue weighted by Gasteiger charge is 2.30. The fourth-order valence-electron chi connectivity index (χ4n) is 4.16. The van der Waals surface area contributed by atoms with Gasteiger partial charge >= 0.3 is 0 Å². The molecule has 2 heterocycles. The first-order valence-corrected chi connectivity index (χ1v) is 9.91. The average molecular weight is 375 g/mol. The number of aryl methyl sites for hydroxylation is 1. The van der Waals surface area contributed by atoms with Gasteiger partial charge in [0.05, 0.1) is 0 Å². The number of nitrogens with one attached hydrogen (secondary N) is 1. The second-order valence-corrected chi connectivity index (χ2v) is 7.12. The summed E-state index contributed by atoms with van der Waals surface area (Å²) >= 11 is 0. The van der Waals surface area contributed by atoms with Gasteiger partial charge in [-0.1, -0.05) is 31.2 Å². The third-order valence-corrected chi connectivity index (χ3v) is 5.53. The summed E-state index contributed by atoms with van der Waals surface area (Å²) in [5.41, 5.74) is 3.41. The van der Waals surface area contributed by atoms with Crippen LogP contribution in [0.5, 0.6) is 0 Å². The fraction of sp³-hybridized carbons (Fsp3) is 0.304. The first-order chi connectivity index (χ1) is 13.6. The SMILES string of the molecule is CCC1C(=O)NCCN1C(=O)/C=C/c1ccc2c(c1)c1ccccc1n2CC. The van der Waals surface area contributed by atoms with Crippen LogP contribution < -0.4 is 5.32 Å². The molecule has 0 radical (unpaired) electrons. The van der Waals surface area contributed by atoms with Gasteiger partial charge < -0.3 is 14.8 Å². The molecular formula is C23H25N3O2. The minimum atomic E-state index is -0.379. The van der Waals surface area contributed by atoms with Gasteiger partial charge in [0.25, 0.3) is 0 Å². The number of carbonyl (C=O) groups excluding carboxylic acids is 2. The maximum atomic E-state index is 12.7. The molecule has 1 N–H and O–H groups in total. The zero-order chi connectivity index (χ0) is 19.7. The van der Waals surface area contributed by atoms with Crippen LogP contribution in [0.25, 0.3) is 27.9 Å². The summed E-state index contributed by atoms with van der Waals surface area (Å²) in [4.78, 5) is 26.3. The van der Waals surface area contributed by atoms with Crippen molar-refractivity contribution in [2.45, 2.75) is 32.9 Å². The topological polar surface area (TPSA) is 54.3 Å². The number of para-hydroxylation sites is 1. The molecule has 3 aromatic rings. The van der Waals surface area contributed by atoms with E-state index in [9.17, 15) is 9.59 Å². The molecule has 1 unspecified atom stereocenters. The lowest BCUT2D eigenvalue weighted by Crippen LogP contribution is -2.56. The highest BCUT2D eigenvalue weighted by molar-refractivity contribution is 6.08. The van der Waals surface area contributed by atoms with Crippen LogP contribution in [0.2, 0.25) is 0 Å². The Bertz CT molecular complexity index is 1080. The van der Waals surface area contributed by atoms with Crippen molar-refractivity contribution < 1.29 is 9.59 Å². The summed E-state index contributed by atoms with van der Waals surface area (Å²) in [7, 11) is 0. The number of piperazine rings is 1. The molecule has 1 fully saturated rings. The molecule has 2 aromatic carbocycles. The predicted octanol–water partition coefficient (Wildman–Crippen LogP) is 3.56. The number of fused-ring (bicyclic) bond motifs is 3. The summed E-state index contributed by atoms with van der Waals surface area (Å²) in [6.45, 7) is 6.05. The van der Waals surface area contributed by atoms with Crippen molar-refractivity contribution in [3.8, 4) is 0 Å². The van der Waals surface area contributed by atoms with E-state index in [0.717, 1.165) is 12.1 Å². The number of hydrogen-bond donors (Lipinski definition) is 1. The van der Waals surface area contributed by atoms with E-state index >= 15 is 0 Å². The normalized spacial score (nSPS) is 17.6. The zero-order valence-electron chi connectivity index (χ0n) is 16.3. The van der Waals surface area contributed by atoms with E-state index < -0.39 is 0 Å². The molecule has 2 amide bonds. The molecule has 1 aromatic heterocycles. The minimum Gasteiger partial charge on any atom is -0.353 e. The number of amides is 2. The first-order valence-electron chi connectivity index (χ1n) is 9.91. The number of carbonyl (C=O) groups is 2. The zero-order valence-corrected chi connectivity index (χ0v) is 16.3. The molecule has 1 aliphatic heterocycles. The highest BCUT2D eigenvalue weighted by Crippen LogP contribution is 2.30. The molecule has 4 rings (SSSR count). The van der Waals surface area contributed by atoms with E-state index in [2.05, 4.69) is 53.2 Å². The van der Waals surface area contributed by atoms with Gasteiger partial charge in [0.2, 0.25) is 11.8 Å². The van der Waals surface area contributed by atoms with Gasteiger partial charge in [-0.3, -0.25) is 9.59 Å². The number of benzene rings is 2. The fourth-order valence-corrected chi connectivity index (χ4v) is 4.16. The third kappa shape index (κ3) is 3.07. The van der Waals surface area contributed by atoms with Crippen molar-refractivity contribution in [2.24, 2.45) is 0 Å². The number of nitrogens with zero attached hydrogens (tertiary/aromatic N) is 2. The third-order valence-electron chi connectivity index (χ3n) is 5.53. The Kier molecular flexibility index (Phi) is 4.90. The van der Waals surface area contributed by atoms with Crippen LogP contribution in [-0.4, -0.2) is 40.4 Å². The summed E-state index contributed by atoms with van der Waals surface area (Å²) in [5.74, 6) is -0.179. The van der Waals surface area contributed by atoms with E-state index in [1.54, 1.807) is 11.0 Å². The Labute approximate surface area is 164 Å². The van der Waals surface area contributed by atoms with Crippen molar-refractivity contribution in [3.63, 3.8) is 0 Å². The van der Waals surface area contributed by atoms with Gasteiger partial charge in [-0.15, -0.1) is 0 Å². The Morgan fingerprint density at radius 1 is 1.14 bits per heavy atom. The molecule has 0 spiro atoms. The maximum Gasteiger partial charge on any atom is 0.247 e. The number of hydrogen-bond acceptors (Lipinski definition) is 2. The van der Waals surface area contributed by atoms with Crippen LogP contribution in [0.15, 0.2) is 48.5 Å². The Morgan fingerprint density at radius 3 is 2.71 bits per heavy atom. The van der Waals surface area contributed by atoms with E-state index in [0.29, 0.717) is 19.5 Å². The molecule has 5 heteroatoms. The Balaban J connectivity index is 1.65. The molecular weight excluding hydrogens is 350 g/mol. The van der Waals surface area contributed by atoms with E-state index in [-0.39, 0.29) is 17.9 Å². The molecule has 0 aliphatic carbocycles. The quantitative estimate of drug-likeness (QED) is 0.709. The van der Waals surface area contributed by atoms with Gasteiger partial charge in [-0.2, -0.15) is 0 Å². The molecule has 0 bridgehead atoms. The smallest absolute Gasteiger partial charge is 0.247 e. The van der Waals surface area contributed by atoms with Gasteiger partial charge in [0, 0.05) is 47.5 Å². The summed E-state index contributed by atoms with van der Waals surface area (Å²) in [6, 6.07) is 14.3. The first kappa shape index (κ1) is 18.3. The largest absolute Gasteiger partial charge is 0.353 e. The second-order valence-electron chi connectivity index (χ2n) is 7.12. The Morgan fingerprint density at radius 2 is 1.93 bits per heavy atom. The van der Waals surface area contributed by atoms with Crippen molar-refractivity contribution >= 4 is 39.7 Å². The van der Waals surface area contributed by atoms with E-state index in [1.165, 1.54) is 21.8 Å². The lowest BCUT2D eigenvalue weighted by atomic mass is 10.1. The lowest BCUT2D eigenvalue weighted by Gasteiger charge is -2.33. The molecule has 0 saturated carbocycles. The molecule has 1 aliphatic rings. The molecule has 5 nitrogen and oxygen atoms in total. The summed E-state index contributed by atoms with van der Waals surface area (Å²) in [6.07, 6.45) is 4.05. The van der Waals surface area contributed by atoms with Crippen LogP contribution in [0.1, 0.15) is 25.8 Å². The minimum absolute atomic E-state index is 0.0655. The van der Waals surface area contributed by atoms with Gasteiger partial charge in [0.1, 0.15) is 6.04 Å². The Hall–Kier alpha value is -3.08. The van der Waals surface area contributed by atoms with E-state index in [1.807, 2.05) is 19.1 Å². The van der Waals surface area contributed by atoms with Crippen molar-refractivity contribution in [1.82, 2.24) is 14.8 Å². The monoisotopic (exact) mass is 375 g/mol. The number of aromatic nitrogens is 1. The van der Waals surface area contributed by atoms with Gasteiger partial charge in [-0.25, -0.2) is 0 Å². The van der Waals surface area contributed by atoms with Crippen LogP contribution >= 0.6 is 0 Å². The lowest BCUT2D eigenvalue weighted by molar-refractivity contribution is -0.140. The molecule has 1 saturated heterocycles. The van der Waals surface area contributed by atoms with Crippen molar-refractivity contribution in [3.05, 3.63) is 54.1 Å². The van der Waals surface area contributed by atoms with Crippen LogP contribution in [0, 0.1) is 0 Å². The van der Waals surface area contributed by atoms with Crippen molar-refractivity contribution in [1.29, 1.82) is 0 Å². The predicted molar refractivity (Wildman–Crippen MR) is 113 cm³/mol. The van der Waals surface area contributed by atoms with Gasteiger partial charge in [0.15, 0.2) is 0 Å². The molecule has 1 atom stereocenters. The number of rotatable bonds is 4. The van der Waals surface area contributed by atoms with Crippen LogP contribution in [0.3, 0.4) is 0 Å². The summed E-state index contributed by atoms with van der Waals surface area (Å²) < 4.78 is 2.31. The second kappa shape index (κ2) is 7.50. The van der Waals surface area contributed by atoms with Crippen LogP contribution in [-0.2, 0) is 16.1 Å². The average Bonchev–Trinajstić information content (AvgIpc) is 3.04. The van der Waals surface area contributed by atoms with Crippen LogP contribution in [0.4, 0.5) is 0 Å². The van der Waals surface area contributed by atoms with Crippen molar-refractivity contribution in [2.75, 3.05) is 13.1 Å². The van der Waals surface area contributed by atoms with E-state index in [4.69, 9.17) is 0 Å².